The first-order chi connectivity index (χ1) is 7.63. The van der Waals surface area contributed by atoms with Crippen molar-refractivity contribution in [2.75, 3.05) is 7.11 Å². The Hall–Kier alpha value is -2.30. The number of methoxy groups -OCH3 is 1. The number of carbonyl (C=O) groups excluding carboxylic acids is 1. The number of amides is 1. The first-order valence-corrected chi connectivity index (χ1v) is 4.59. The predicted molar refractivity (Wildman–Crippen MR) is 62.1 cm³/mol. The molecule has 1 aromatic rings. The summed E-state index contributed by atoms with van der Waals surface area (Å²) in [5, 5.41) is 9.02. The minimum atomic E-state index is -0.446. The number of carbonyl (C=O) groups is 1. The van der Waals surface area contributed by atoms with Gasteiger partial charge in [-0.25, -0.2) is 0 Å². The molecule has 16 heavy (non-hydrogen) atoms. The highest BCUT2D eigenvalue weighted by molar-refractivity contribution is 6.02. The summed E-state index contributed by atoms with van der Waals surface area (Å²) in [6.45, 7) is 0. The van der Waals surface area contributed by atoms with Crippen LogP contribution in [0.1, 0.15) is 5.56 Å². The van der Waals surface area contributed by atoms with Crippen molar-refractivity contribution in [2.24, 2.45) is 5.73 Å². The fourth-order valence-electron chi connectivity index (χ4n) is 1.14. The molecule has 0 saturated carbocycles. The molecular weight excluding hydrogens is 206 g/mol. The van der Waals surface area contributed by atoms with E-state index in [9.17, 15) is 4.79 Å². The number of hydrogen-bond acceptors (Lipinski definition) is 3. The van der Waals surface area contributed by atoms with Crippen molar-refractivity contribution in [1.82, 2.24) is 5.32 Å². The Balaban J connectivity index is 2.76. The summed E-state index contributed by atoms with van der Waals surface area (Å²) in [4.78, 5) is 11.2. The van der Waals surface area contributed by atoms with Gasteiger partial charge in [-0.2, -0.15) is 0 Å². The molecule has 84 valence electrons. The molecule has 0 aromatic heterocycles. The summed E-state index contributed by atoms with van der Waals surface area (Å²) < 4.78 is 5.11. The average molecular weight is 219 g/mol. The minimum Gasteiger partial charge on any atom is -0.496 e. The maximum atomic E-state index is 11.2. The van der Waals surface area contributed by atoms with E-state index < -0.39 is 5.91 Å². The molecule has 5 nitrogen and oxygen atoms in total. The quantitative estimate of drug-likeness (QED) is 0.397. The Morgan fingerprint density at radius 3 is 2.81 bits per heavy atom. The van der Waals surface area contributed by atoms with Crippen LogP contribution >= 0.6 is 0 Å². The zero-order valence-corrected chi connectivity index (χ0v) is 8.86. The van der Waals surface area contributed by atoms with Crippen LogP contribution in [0.2, 0.25) is 0 Å². The van der Waals surface area contributed by atoms with Gasteiger partial charge in [0, 0.05) is 11.6 Å². The molecule has 0 radical (unpaired) electrons. The van der Waals surface area contributed by atoms with Crippen LogP contribution < -0.4 is 15.8 Å². The molecule has 1 aromatic carbocycles. The van der Waals surface area contributed by atoms with Crippen LogP contribution in [0, 0.1) is 5.41 Å². The lowest BCUT2D eigenvalue weighted by molar-refractivity contribution is -0.115. The van der Waals surface area contributed by atoms with Gasteiger partial charge >= 0.3 is 0 Å². The number of nitrogens with two attached hydrogens (primary N) is 1. The fraction of sp³-hybridized carbons (Fsp3) is 0.0909. The van der Waals surface area contributed by atoms with E-state index in [-0.39, 0.29) is 5.96 Å². The van der Waals surface area contributed by atoms with Crippen LogP contribution in [0.3, 0.4) is 0 Å². The van der Waals surface area contributed by atoms with Crippen molar-refractivity contribution >= 4 is 17.9 Å². The SMILES string of the molecule is COc1ccccc1C=CC(=O)NC(=N)N. The number of guanidine groups is 1. The Labute approximate surface area is 93.4 Å². The van der Waals surface area contributed by atoms with Gasteiger partial charge in [-0.3, -0.25) is 15.5 Å². The van der Waals surface area contributed by atoms with E-state index in [4.69, 9.17) is 15.9 Å². The molecule has 0 heterocycles. The molecule has 0 unspecified atom stereocenters. The third-order valence-corrected chi connectivity index (χ3v) is 1.81. The van der Waals surface area contributed by atoms with E-state index in [0.717, 1.165) is 5.56 Å². The van der Waals surface area contributed by atoms with Gasteiger partial charge in [0.2, 0.25) is 0 Å². The van der Waals surface area contributed by atoms with Crippen molar-refractivity contribution in [2.45, 2.75) is 0 Å². The Morgan fingerprint density at radius 2 is 2.19 bits per heavy atom. The maximum Gasteiger partial charge on any atom is 0.250 e. The summed E-state index contributed by atoms with van der Waals surface area (Å²) in [5.41, 5.74) is 5.79. The van der Waals surface area contributed by atoms with Gasteiger partial charge in [-0.05, 0) is 12.1 Å². The average Bonchev–Trinajstić information content (AvgIpc) is 2.26. The zero-order chi connectivity index (χ0) is 12.0. The van der Waals surface area contributed by atoms with E-state index in [0.29, 0.717) is 5.75 Å². The Kier molecular flexibility index (Phi) is 4.08. The second kappa shape index (κ2) is 5.55. The lowest BCUT2D eigenvalue weighted by atomic mass is 10.2. The normalized spacial score (nSPS) is 10.1. The zero-order valence-electron chi connectivity index (χ0n) is 8.86. The highest BCUT2D eigenvalue weighted by Gasteiger charge is 1.99. The molecule has 0 aliphatic carbocycles. The van der Waals surface area contributed by atoms with Crippen molar-refractivity contribution in [3.8, 4) is 5.75 Å². The van der Waals surface area contributed by atoms with Crippen molar-refractivity contribution in [1.29, 1.82) is 5.41 Å². The van der Waals surface area contributed by atoms with Gasteiger partial charge in [0.25, 0.3) is 5.91 Å². The monoisotopic (exact) mass is 219 g/mol. The smallest absolute Gasteiger partial charge is 0.250 e. The summed E-state index contributed by atoms with van der Waals surface area (Å²) in [6, 6.07) is 7.29. The molecule has 1 amide bonds. The molecule has 1 rings (SSSR count). The van der Waals surface area contributed by atoms with Crippen LogP contribution in [-0.2, 0) is 4.79 Å². The lowest BCUT2D eigenvalue weighted by Gasteiger charge is -2.03. The fourth-order valence-corrected chi connectivity index (χ4v) is 1.14. The van der Waals surface area contributed by atoms with Crippen LogP contribution in [0.4, 0.5) is 0 Å². The number of para-hydroxylation sites is 1. The Bertz CT molecular complexity index is 427. The number of rotatable bonds is 3. The van der Waals surface area contributed by atoms with Gasteiger partial charge in [0.1, 0.15) is 5.75 Å². The summed E-state index contributed by atoms with van der Waals surface area (Å²) in [7, 11) is 1.56. The van der Waals surface area contributed by atoms with E-state index in [1.54, 1.807) is 19.3 Å². The first kappa shape index (κ1) is 11.8. The first-order valence-electron chi connectivity index (χ1n) is 4.59. The molecule has 4 N–H and O–H groups in total. The molecule has 5 heteroatoms. The second-order valence-electron chi connectivity index (χ2n) is 2.98. The molecule has 0 spiro atoms. The van der Waals surface area contributed by atoms with Crippen LogP contribution in [0.15, 0.2) is 30.3 Å². The Morgan fingerprint density at radius 1 is 1.50 bits per heavy atom. The van der Waals surface area contributed by atoms with Gasteiger partial charge in [-0.15, -0.1) is 0 Å². The topological polar surface area (TPSA) is 88.2 Å². The lowest BCUT2D eigenvalue weighted by Crippen LogP contribution is -2.34. The minimum absolute atomic E-state index is 0.380. The van der Waals surface area contributed by atoms with Crippen molar-refractivity contribution in [3.63, 3.8) is 0 Å². The van der Waals surface area contributed by atoms with Crippen LogP contribution in [-0.4, -0.2) is 19.0 Å². The van der Waals surface area contributed by atoms with E-state index in [1.165, 1.54) is 6.08 Å². The molecule has 0 aliphatic rings. The summed E-state index contributed by atoms with van der Waals surface area (Å²) >= 11 is 0. The standard InChI is InChI=1S/C11H13N3O2/c1-16-9-5-3-2-4-8(9)6-7-10(15)14-11(12)13/h2-7H,1H3,(H4,12,13,14,15). The third kappa shape index (κ3) is 3.45. The second-order valence-corrected chi connectivity index (χ2v) is 2.98. The number of benzene rings is 1. The molecule has 0 saturated heterocycles. The van der Waals surface area contributed by atoms with E-state index in [1.807, 2.05) is 18.2 Å². The largest absolute Gasteiger partial charge is 0.496 e. The highest BCUT2D eigenvalue weighted by atomic mass is 16.5. The number of hydrogen-bond donors (Lipinski definition) is 3. The van der Waals surface area contributed by atoms with Gasteiger partial charge in [0.15, 0.2) is 5.96 Å². The molecular formula is C11H13N3O2. The predicted octanol–water partition coefficient (Wildman–Crippen LogP) is 0.718. The van der Waals surface area contributed by atoms with E-state index >= 15 is 0 Å². The highest BCUT2D eigenvalue weighted by Crippen LogP contribution is 2.18. The van der Waals surface area contributed by atoms with Crippen molar-refractivity contribution in [3.05, 3.63) is 35.9 Å². The molecule has 0 bridgehead atoms. The molecule has 0 fully saturated rings. The summed E-state index contributed by atoms with van der Waals surface area (Å²) in [5.74, 6) is -0.151. The molecule has 0 aliphatic heterocycles. The maximum absolute atomic E-state index is 11.2. The van der Waals surface area contributed by atoms with Gasteiger partial charge in [0.05, 0.1) is 7.11 Å². The van der Waals surface area contributed by atoms with Crippen molar-refractivity contribution < 1.29 is 9.53 Å². The summed E-state index contributed by atoms with van der Waals surface area (Å²) in [6.07, 6.45) is 2.89. The van der Waals surface area contributed by atoms with Gasteiger partial charge in [-0.1, -0.05) is 18.2 Å². The van der Waals surface area contributed by atoms with Gasteiger partial charge < -0.3 is 10.5 Å². The third-order valence-electron chi connectivity index (χ3n) is 1.81. The van der Waals surface area contributed by atoms with E-state index in [2.05, 4.69) is 5.32 Å². The number of nitrogens with one attached hydrogen (secondary N) is 2. The van der Waals surface area contributed by atoms with Crippen LogP contribution in [0.5, 0.6) is 5.75 Å². The van der Waals surface area contributed by atoms with Crippen LogP contribution in [0.25, 0.3) is 6.08 Å². The number of ether oxygens (including phenoxy) is 1. The molecule has 0 atom stereocenters.